The third-order valence-electron chi connectivity index (χ3n) is 4.45. The van der Waals surface area contributed by atoms with E-state index in [1.165, 1.54) is 6.42 Å². The Balaban J connectivity index is 0.00000625. The molecule has 0 aromatic carbocycles. The quantitative estimate of drug-likeness (QED) is 0.270. The predicted molar refractivity (Wildman–Crippen MR) is 119 cm³/mol. The van der Waals surface area contributed by atoms with Crippen LogP contribution in [0.15, 0.2) is 4.99 Å². The van der Waals surface area contributed by atoms with Crippen molar-refractivity contribution < 1.29 is 9.53 Å². The van der Waals surface area contributed by atoms with Gasteiger partial charge >= 0.3 is 6.09 Å². The monoisotopic (exact) mass is 482 g/mol. The van der Waals surface area contributed by atoms with E-state index in [0.717, 1.165) is 51.4 Å². The number of nitrogens with one attached hydrogen (secondary N) is 1. The number of carbonyl (C=O) groups excluding carboxylic acids is 1. The standard InChI is InChI=1S/C19H38N4O2.HI/c1-7-9-12-21-17(20-6)23-13-10-16(11-14-23)15-22(8-2)18(24)25-19(3,4)5;/h16H,7-15H2,1-6H3,(H,20,21);1H. The van der Waals surface area contributed by atoms with E-state index >= 15 is 0 Å². The molecular formula is C19H39IN4O2. The van der Waals surface area contributed by atoms with E-state index in [4.69, 9.17) is 4.74 Å². The van der Waals surface area contributed by atoms with Crippen molar-refractivity contribution in [1.29, 1.82) is 0 Å². The first-order valence-electron chi connectivity index (χ1n) is 9.74. The molecule has 1 N–H and O–H groups in total. The van der Waals surface area contributed by atoms with Crippen LogP contribution in [-0.4, -0.2) is 67.2 Å². The van der Waals surface area contributed by atoms with Crippen molar-refractivity contribution in [3.05, 3.63) is 0 Å². The van der Waals surface area contributed by atoms with E-state index in [9.17, 15) is 4.79 Å². The highest BCUT2D eigenvalue weighted by Crippen LogP contribution is 2.20. The second-order valence-corrected chi connectivity index (χ2v) is 7.78. The highest BCUT2D eigenvalue weighted by Gasteiger charge is 2.26. The van der Waals surface area contributed by atoms with Crippen LogP contribution in [0.25, 0.3) is 0 Å². The Kier molecular flexibility index (Phi) is 12.3. The summed E-state index contributed by atoms with van der Waals surface area (Å²) in [6.07, 6.45) is 4.30. The van der Waals surface area contributed by atoms with Crippen LogP contribution in [0.5, 0.6) is 0 Å². The van der Waals surface area contributed by atoms with Crippen molar-refractivity contribution >= 4 is 36.0 Å². The number of likely N-dealkylation sites (tertiary alicyclic amines) is 1. The van der Waals surface area contributed by atoms with Crippen LogP contribution in [0, 0.1) is 5.92 Å². The molecule has 0 atom stereocenters. The van der Waals surface area contributed by atoms with Crippen molar-refractivity contribution in [3.8, 4) is 0 Å². The number of rotatable bonds is 6. The van der Waals surface area contributed by atoms with Crippen LogP contribution in [0.2, 0.25) is 0 Å². The zero-order chi connectivity index (χ0) is 18.9. The molecule has 1 heterocycles. The molecule has 26 heavy (non-hydrogen) atoms. The Hall–Kier alpha value is -0.730. The number of halogens is 1. The number of nitrogens with zero attached hydrogens (tertiary/aromatic N) is 3. The van der Waals surface area contributed by atoms with Crippen LogP contribution >= 0.6 is 24.0 Å². The van der Waals surface area contributed by atoms with E-state index in [1.807, 2.05) is 39.6 Å². The van der Waals surface area contributed by atoms with Gasteiger partial charge in [-0.15, -0.1) is 24.0 Å². The van der Waals surface area contributed by atoms with Crippen LogP contribution in [-0.2, 0) is 4.74 Å². The Bertz CT molecular complexity index is 430. The van der Waals surface area contributed by atoms with Gasteiger partial charge in [0, 0.05) is 39.8 Å². The SMILES string of the molecule is CCCCNC(=NC)N1CCC(CN(CC)C(=O)OC(C)(C)C)CC1.I. The lowest BCUT2D eigenvalue weighted by molar-refractivity contribution is 0.0214. The molecule has 6 nitrogen and oxygen atoms in total. The third kappa shape index (κ3) is 9.28. The summed E-state index contributed by atoms with van der Waals surface area (Å²) in [5.41, 5.74) is -0.440. The molecule has 154 valence electrons. The maximum atomic E-state index is 12.3. The molecule has 0 aromatic heterocycles. The molecule has 7 heteroatoms. The highest BCUT2D eigenvalue weighted by atomic mass is 127. The minimum atomic E-state index is -0.440. The van der Waals surface area contributed by atoms with Gasteiger partial charge in [-0.05, 0) is 52.9 Å². The van der Waals surface area contributed by atoms with Gasteiger partial charge in [0.15, 0.2) is 5.96 Å². The molecule has 0 saturated carbocycles. The fraction of sp³-hybridized carbons (Fsp3) is 0.895. The Morgan fingerprint density at radius 2 is 1.88 bits per heavy atom. The van der Waals surface area contributed by atoms with Gasteiger partial charge in [-0.2, -0.15) is 0 Å². The molecule has 0 unspecified atom stereocenters. The summed E-state index contributed by atoms with van der Waals surface area (Å²) in [6.45, 7) is 14.4. The largest absolute Gasteiger partial charge is 0.444 e. The van der Waals surface area contributed by atoms with E-state index < -0.39 is 5.60 Å². The first-order valence-corrected chi connectivity index (χ1v) is 9.74. The van der Waals surface area contributed by atoms with Crippen LogP contribution in [0.1, 0.15) is 60.3 Å². The van der Waals surface area contributed by atoms with Crippen LogP contribution < -0.4 is 5.32 Å². The van der Waals surface area contributed by atoms with E-state index in [1.54, 1.807) is 0 Å². The van der Waals surface area contributed by atoms with E-state index in [0.29, 0.717) is 12.5 Å². The van der Waals surface area contributed by atoms with E-state index in [-0.39, 0.29) is 30.1 Å². The molecule has 0 spiro atoms. The second-order valence-electron chi connectivity index (χ2n) is 7.78. The fourth-order valence-corrected chi connectivity index (χ4v) is 3.01. The van der Waals surface area contributed by atoms with Gasteiger partial charge in [-0.25, -0.2) is 4.79 Å². The zero-order valence-electron chi connectivity index (χ0n) is 17.5. The number of unbranched alkanes of at least 4 members (excludes halogenated alkanes) is 1. The first kappa shape index (κ1) is 25.3. The maximum Gasteiger partial charge on any atom is 0.410 e. The number of amides is 1. The number of hydrogen-bond acceptors (Lipinski definition) is 3. The van der Waals surface area contributed by atoms with Crippen molar-refractivity contribution in [2.24, 2.45) is 10.9 Å². The third-order valence-corrected chi connectivity index (χ3v) is 4.45. The Morgan fingerprint density at radius 3 is 2.35 bits per heavy atom. The lowest BCUT2D eigenvalue weighted by Gasteiger charge is -2.36. The number of carbonyl (C=O) groups is 1. The normalized spacial score (nSPS) is 16.1. The summed E-state index contributed by atoms with van der Waals surface area (Å²) in [7, 11) is 1.85. The van der Waals surface area contributed by atoms with Crippen LogP contribution in [0.3, 0.4) is 0 Å². The average molecular weight is 482 g/mol. The maximum absolute atomic E-state index is 12.3. The van der Waals surface area contributed by atoms with Crippen molar-refractivity contribution in [2.75, 3.05) is 39.8 Å². The highest BCUT2D eigenvalue weighted by molar-refractivity contribution is 14.0. The predicted octanol–water partition coefficient (Wildman–Crippen LogP) is 3.95. The molecule has 1 aliphatic rings. The molecule has 0 aliphatic carbocycles. The summed E-state index contributed by atoms with van der Waals surface area (Å²) < 4.78 is 5.51. The van der Waals surface area contributed by atoms with E-state index in [2.05, 4.69) is 22.1 Å². The summed E-state index contributed by atoms with van der Waals surface area (Å²) >= 11 is 0. The van der Waals surface area contributed by atoms with Gasteiger partial charge in [-0.3, -0.25) is 4.99 Å². The molecule has 1 fully saturated rings. The molecule has 0 bridgehead atoms. The molecular weight excluding hydrogens is 443 g/mol. The lowest BCUT2D eigenvalue weighted by atomic mass is 9.96. The molecule has 1 aliphatic heterocycles. The molecule has 1 saturated heterocycles. The minimum absolute atomic E-state index is 0. The van der Waals surface area contributed by atoms with Gasteiger partial charge in [-0.1, -0.05) is 13.3 Å². The van der Waals surface area contributed by atoms with Crippen molar-refractivity contribution in [2.45, 2.75) is 65.9 Å². The van der Waals surface area contributed by atoms with Crippen LogP contribution in [0.4, 0.5) is 4.79 Å². The Labute approximate surface area is 177 Å². The fourth-order valence-electron chi connectivity index (χ4n) is 3.01. The van der Waals surface area contributed by atoms with Gasteiger partial charge in [0.1, 0.15) is 5.60 Å². The number of guanidine groups is 1. The molecule has 1 amide bonds. The van der Waals surface area contributed by atoms with Gasteiger partial charge in [0.25, 0.3) is 0 Å². The molecule has 0 aromatic rings. The number of aliphatic imine (C=N–C) groups is 1. The van der Waals surface area contributed by atoms with Crippen molar-refractivity contribution in [3.63, 3.8) is 0 Å². The summed E-state index contributed by atoms with van der Waals surface area (Å²) in [5.74, 6) is 1.53. The summed E-state index contributed by atoms with van der Waals surface area (Å²) in [6, 6.07) is 0. The van der Waals surface area contributed by atoms with Gasteiger partial charge in [0.2, 0.25) is 0 Å². The summed E-state index contributed by atoms with van der Waals surface area (Å²) in [4.78, 5) is 20.9. The van der Waals surface area contributed by atoms with Gasteiger partial charge in [0.05, 0.1) is 0 Å². The van der Waals surface area contributed by atoms with Gasteiger partial charge < -0.3 is 19.9 Å². The number of piperidine rings is 1. The summed E-state index contributed by atoms with van der Waals surface area (Å²) in [5, 5.41) is 3.44. The number of ether oxygens (including phenoxy) is 1. The first-order chi connectivity index (χ1) is 11.8. The smallest absolute Gasteiger partial charge is 0.410 e. The Morgan fingerprint density at radius 1 is 1.27 bits per heavy atom. The minimum Gasteiger partial charge on any atom is -0.444 e. The topological polar surface area (TPSA) is 57.2 Å². The lowest BCUT2D eigenvalue weighted by Crippen LogP contribution is -2.48. The second kappa shape index (κ2) is 12.6. The molecule has 0 radical (unpaired) electrons. The average Bonchev–Trinajstić information content (AvgIpc) is 2.56. The van der Waals surface area contributed by atoms with Crippen molar-refractivity contribution in [1.82, 2.24) is 15.1 Å². The number of hydrogen-bond donors (Lipinski definition) is 1. The molecule has 1 rings (SSSR count). The zero-order valence-corrected chi connectivity index (χ0v) is 19.8.